The van der Waals surface area contributed by atoms with Crippen molar-refractivity contribution >= 4 is 22.0 Å². The molecule has 0 aromatic carbocycles. The molecule has 8 heteroatoms. The Bertz CT molecular complexity index is 426. The van der Waals surface area contributed by atoms with Crippen LogP contribution in [0.2, 0.25) is 0 Å². The summed E-state index contributed by atoms with van der Waals surface area (Å²) < 4.78 is 30.1. The van der Waals surface area contributed by atoms with E-state index >= 15 is 0 Å². The lowest BCUT2D eigenvalue weighted by Gasteiger charge is -2.14. The summed E-state index contributed by atoms with van der Waals surface area (Å²) in [5, 5.41) is 8.41. The molecule has 0 aromatic heterocycles. The molecule has 0 aliphatic heterocycles. The highest BCUT2D eigenvalue weighted by atomic mass is 32.2. The highest BCUT2D eigenvalue weighted by molar-refractivity contribution is 7.89. The smallest absolute Gasteiger partial charge is 0.306 e. The minimum atomic E-state index is -3.55. The third kappa shape index (κ3) is 5.01. The van der Waals surface area contributed by atoms with E-state index in [9.17, 15) is 18.0 Å². The molecule has 1 aliphatic rings. The number of rotatable bonds is 8. The number of aliphatic carboxylic acids is 1. The van der Waals surface area contributed by atoms with Crippen LogP contribution in [-0.2, 0) is 24.3 Å². The maximum absolute atomic E-state index is 11.7. The van der Waals surface area contributed by atoms with Gasteiger partial charge in [0.15, 0.2) is 0 Å². The minimum Gasteiger partial charge on any atom is -0.481 e. The summed E-state index contributed by atoms with van der Waals surface area (Å²) >= 11 is 0. The van der Waals surface area contributed by atoms with E-state index in [2.05, 4.69) is 9.46 Å². The van der Waals surface area contributed by atoms with E-state index in [1.807, 2.05) is 0 Å². The van der Waals surface area contributed by atoms with Crippen LogP contribution >= 0.6 is 0 Å². The molecule has 0 amide bonds. The van der Waals surface area contributed by atoms with E-state index in [-0.39, 0.29) is 25.1 Å². The maximum atomic E-state index is 11.7. The van der Waals surface area contributed by atoms with Crippen molar-refractivity contribution in [3.8, 4) is 0 Å². The number of hydrogen-bond donors (Lipinski definition) is 2. The van der Waals surface area contributed by atoms with Gasteiger partial charge in [0, 0.05) is 6.54 Å². The fourth-order valence-corrected chi connectivity index (χ4v) is 3.41. The van der Waals surface area contributed by atoms with Gasteiger partial charge in [-0.2, -0.15) is 0 Å². The Labute approximate surface area is 106 Å². The van der Waals surface area contributed by atoms with E-state index in [0.29, 0.717) is 12.8 Å². The Kier molecular flexibility index (Phi) is 4.69. The lowest BCUT2D eigenvalue weighted by molar-refractivity contribution is -0.142. The second-order valence-corrected chi connectivity index (χ2v) is 6.36. The molecule has 7 nitrogen and oxygen atoms in total. The quantitative estimate of drug-likeness (QED) is 0.591. The average molecular weight is 279 g/mol. The Morgan fingerprint density at radius 1 is 1.39 bits per heavy atom. The molecule has 104 valence electrons. The second-order valence-electron chi connectivity index (χ2n) is 4.55. The number of hydrogen-bond acceptors (Lipinski definition) is 5. The maximum Gasteiger partial charge on any atom is 0.306 e. The van der Waals surface area contributed by atoms with Crippen molar-refractivity contribution in [3.63, 3.8) is 0 Å². The molecule has 0 unspecified atom stereocenters. The predicted octanol–water partition coefficient (Wildman–Crippen LogP) is -0.276. The number of sulfonamides is 1. The zero-order valence-corrected chi connectivity index (χ0v) is 11.0. The van der Waals surface area contributed by atoms with Gasteiger partial charge in [0.25, 0.3) is 0 Å². The molecule has 0 heterocycles. The summed E-state index contributed by atoms with van der Waals surface area (Å²) in [4.78, 5) is 21.4. The molecule has 1 aliphatic carbocycles. The third-order valence-corrected chi connectivity index (χ3v) is 4.50. The first kappa shape index (κ1) is 14.9. The molecular weight excluding hydrogens is 262 g/mol. The molecule has 1 saturated carbocycles. The fourth-order valence-electron chi connectivity index (χ4n) is 1.69. The minimum absolute atomic E-state index is 0.0866. The Morgan fingerprint density at radius 3 is 2.44 bits per heavy atom. The van der Waals surface area contributed by atoms with E-state index in [1.54, 1.807) is 0 Å². The van der Waals surface area contributed by atoms with Crippen LogP contribution in [0.4, 0.5) is 0 Å². The highest BCUT2D eigenvalue weighted by Gasteiger charge is 2.47. The summed E-state index contributed by atoms with van der Waals surface area (Å²) in [6.07, 6.45) is 1.16. The van der Waals surface area contributed by atoms with Gasteiger partial charge in [0.2, 0.25) is 10.0 Å². The Hall–Kier alpha value is -1.15. The van der Waals surface area contributed by atoms with Gasteiger partial charge in [-0.3, -0.25) is 9.59 Å². The first-order valence-corrected chi connectivity index (χ1v) is 7.20. The van der Waals surface area contributed by atoms with Crippen molar-refractivity contribution in [1.29, 1.82) is 0 Å². The second kappa shape index (κ2) is 5.66. The fraction of sp³-hybridized carbons (Fsp3) is 0.800. The van der Waals surface area contributed by atoms with Gasteiger partial charge in [0.1, 0.15) is 0 Å². The number of carboxylic acid groups (broad SMARTS) is 1. The molecule has 1 rings (SSSR count). The van der Waals surface area contributed by atoms with Crippen molar-refractivity contribution in [2.45, 2.75) is 25.7 Å². The van der Waals surface area contributed by atoms with Crippen molar-refractivity contribution < 1.29 is 27.9 Å². The van der Waals surface area contributed by atoms with Gasteiger partial charge in [-0.25, -0.2) is 13.1 Å². The summed E-state index contributed by atoms with van der Waals surface area (Å²) in [7, 11) is -2.29. The molecule has 0 aromatic rings. The van der Waals surface area contributed by atoms with E-state index in [0.717, 1.165) is 0 Å². The van der Waals surface area contributed by atoms with Gasteiger partial charge in [0.05, 0.1) is 25.7 Å². The van der Waals surface area contributed by atoms with Gasteiger partial charge in [-0.1, -0.05) is 0 Å². The monoisotopic (exact) mass is 279 g/mol. The normalized spacial score (nSPS) is 17.2. The zero-order chi connectivity index (χ0) is 13.8. The number of carbonyl (C=O) groups excluding carboxylic acids is 1. The molecule has 0 spiro atoms. The van der Waals surface area contributed by atoms with Crippen LogP contribution in [0.25, 0.3) is 0 Å². The van der Waals surface area contributed by atoms with Crippen LogP contribution in [0.15, 0.2) is 0 Å². The third-order valence-electron chi connectivity index (χ3n) is 2.86. The number of carboxylic acids is 1. The number of ether oxygens (including phenoxy) is 1. The van der Waals surface area contributed by atoms with Crippen molar-refractivity contribution in [1.82, 2.24) is 4.72 Å². The van der Waals surface area contributed by atoms with Crippen molar-refractivity contribution in [2.75, 3.05) is 19.4 Å². The lowest BCUT2D eigenvalue weighted by atomic mass is 10.1. The van der Waals surface area contributed by atoms with Gasteiger partial charge < -0.3 is 9.84 Å². The van der Waals surface area contributed by atoms with Crippen LogP contribution in [0.3, 0.4) is 0 Å². The van der Waals surface area contributed by atoms with E-state index in [4.69, 9.17) is 5.11 Å². The summed E-state index contributed by atoms with van der Waals surface area (Å²) in [5.41, 5.74) is -0.526. The zero-order valence-electron chi connectivity index (χ0n) is 10.1. The first-order chi connectivity index (χ1) is 8.29. The largest absolute Gasteiger partial charge is 0.481 e. The SMILES string of the molecule is COC(=O)CC1(CS(=O)(=O)NCCC(=O)O)CC1. The molecule has 2 N–H and O–H groups in total. The van der Waals surface area contributed by atoms with Gasteiger partial charge >= 0.3 is 11.9 Å². The molecule has 0 saturated heterocycles. The van der Waals surface area contributed by atoms with E-state index < -0.39 is 27.4 Å². The molecule has 0 atom stereocenters. The first-order valence-electron chi connectivity index (χ1n) is 5.55. The van der Waals surface area contributed by atoms with Crippen LogP contribution in [-0.4, -0.2) is 44.9 Å². The molecular formula is C10H17NO6S. The van der Waals surface area contributed by atoms with E-state index in [1.165, 1.54) is 7.11 Å². The number of nitrogens with one attached hydrogen (secondary N) is 1. The molecule has 0 radical (unpaired) electrons. The summed E-state index contributed by atoms with van der Waals surface area (Å²) in [6.45, 7) is -0.133. The lowest BCUT2D eigenvalue weighted by Crippen LogP contribution is -2.33. The molecule has 18 heavy (non-hydrogen) atoms. The van der Waals surface area contributed by atoms with Crippen molar-refractivity contribution in [2.24, 2.45) is 5.41 Å². The van der Waals surface area contributed by atoms with Crippen molar-refractivity contribution in [3.05, 3.63) is 0 Å². The topological polar surface area (TPSA) is 110 Å². The molecule has 1 fully saturated rings. The summed E-state index contributed by atoms with van der Waals surface area (Å²) in [5.74, 6) is -1.64. The number of esters is 1. The van der Waals surface area contributed by atoms with Crippen LogP contribution < -0.4 is 4.72 Å². The average Bonchev–Trinajstić information content (AvgIpc) is 2.95. The van der Waals surface area contributed by atoms with Crippen LogP contribution in [0, 0.1) is 5.41 Å². The van der Waals surface area contributed by atoms with Gasteiger partial charge in [-0.15, -0.1) is 0 Å². The number of carbonyl (C=O) groups is 2. The summed E-state index contributed by atoms with van der Waals surface area (Å²) in [6, 6.07) is 0. The number of methoxy groups -OCH3 is 1. The van der Waals surface area contributed by atoms with Gasteiger partial charge in [-0.05, 0) is 18.3 Å². The highest BCUT2D eigenvalue weighted by Crippen LogP contribution is 2.49. The Morgan fingerprint density at radius 2 is 2.00 bits per heavy atom. The van der Waals surface area contributed by atoms with Crippen LogP contribution in [0.1, 0.15) is 25.7 Å². The predicted molar refractivity (Wildman–Crippen MR) is 62.3 cm³/mol. The molecule has 0 bridgehead atoms. The Balaban J connectivity index is 2.45. The standard InChI is InChI=1S/C10H17NO6S/c1-17-9(14)6-10(3-4-10)7-18(15,16)11-5-2-8(12)13/h11H,2-7H2,1H3,(H,12,13). The van der Waals surface area contributed by atoms with Crippen LogP contribution in [0.5, 0.6) is 0 Å².